The van der Waals surface area contributed by atoms with E-state index in [0.29, 0.717) is 5.33 Å². The first-order valence-electron chi connectivity index (χ1n) is 4.19. The molecule has 0 bridgehead atoms. The summed E-state index contributed by atoms with van der Waals surface area (Å²) in [7, 11) is 0. The van der Waals surface area contributed by atoms with Crippen LogP contribution in [0.1, 0.15) is 0 Å². The van der Waals surface area contributed by atoms with E-state index >= 15 is 0 Å². The maximum atomic E-state index is 5.16. The number of nitrogens with two attached hydrogens (primary N) is 1. The molecular formula is C9H10BrN3O. The zero-order valence-corrected chi connectivity index (χ0v) is 8.99. The van der Waals surface area contributed by atoms with Gasteiger partial charge < -0.3 is 5.32 Å². The van der Waals surface area contributed by atoms with Crippen molar-refractivity contribution in [2.24, 2.45) is 10.9 Å². The van der Waals surface area contributed by atoms with E-state index in [9.17, 15) is 0 Å². The van der Waals surface area contributed by atoms with E-state index in [1.54, 1.807) is 0 Å². The van der Waals surface area contributed by atoms with Crippen LogP contribution in [-0.2, 0) is 4.84 Å². The third-order valence-corrected chi connectivity index (χ3v) is 2.60. The maximum Gasteiger partial charge on any atom is 0.188 e. The van der Waals surface area contributed by atoms with Gasteiger partial charge in [0.15, 0.2) is 6.23 Å². The number of fused-ring (bicyclic) bond motifs is 1. The summed E-state index contributed by atoms with van der Waals surface area (Å²) in [6.45, 7) is 0. The van der Waals surface area contributed by atoms with Crippen molar-refractivity contribution in [2.75, 3.05) is 10.6 Å². The second-order valence-corrected chi connectivity index (χ2v) is 3.48. The summed E-state index contributed by atoms with van der Waals surface area (Å²) in [6.07, 6.45) is -0.343. The summed E-state index contributed by atoms with van der Waals surface area (Å²) < 4.78 is 0. The quantitative estimate of drug-likeness (QED) is 0.626. The highest BCUT2D eigenvalue weighted by Crippen LogP contribution is 2.29. The first kappa shape index (κ1) is 9.64. The van der Waals surface area contributed by atoms with Crippen molar-refractivity contribution in [2.45, 2.75) is 6.23 Å². The van der Waals surface area contributed by atoms with Crippen molar-refractivity contribution in [1.29, 1.82) is 0 Å². The molecule has 4 nitrogen and oxygen atoms in total. The van der Waals surface area contributed by atoms with Gasteiger partial charge in [-0.25, -0.2) is 10.9 Å². The number of alkyl halides is 1. The van der Waals surface area contributed by atoms with Crippen LogP contribution in [0.3, 0.4) is 0 Å². The summed E-state index contributed by atoms with van der Waals surface area (Å²) in [6, 6.07) is 7.77. The van der Waals surface area contributed by atoms with Gasteiger partial charge in [-0.1, -0.05) is 28.1 Å². The number of hydrogen-bond acceptors (Lipinski definition) is 4. The van der Waals surface area contributed by atoms with Gasteiger partial charge in [-0.3, -0.25) is 4.84 Å². The lowest BCUT2D eigenvalue weighted by Gasteiger charge is -2.24. The lowest BCUT2D eigenvalue weighted by molar-refractivity contribution is 0.117. The molecule has 2 rings (SSSR count). The van der Waals surface area contributed by atoms with Crippen LogP contribution in [0.25, 0.3) is 0 Å². The molecule has 0 saturated carbocycles. The molecule has 1 atom stereocenters. The number of halogens is 1. The van der Waals surface area contributed by atoms with Crippen molar-refractivity contribution < 1.29 is 4.84 Å². The Labute approximate surface area is 90.2 Å². The van der Waals surface area contributed by atoms with E-state index in [4.69, 9.17) is 10.7 Å². The average molecular weight is 256 g/mol. The second-order valence-electron chi connectivity index (χ2n) is 2.91. The van der Waals surface area contributed by atoms with E-state index in [0.717, 1.165) is 17.1 Å². The average Bonchev–Trinajstić information content (AvgIpc) is 2.27. The maximum absolute atomic E-state index is 5.16. The number of nitrogens with zero attached hydrogens (tertiary/aromatic N) is 1. The Balaban J connectivity index is 2.39. The molecule has 14 heavy (non-hydrogen) atoms. The minimum Gasteiger partial charge on any atom is -0.352 e. The van der Waals surface area contributed by atoms with Gasteiger partial charge in [0, 0.05) is 5.33 Å². The first-order valence-corrected chi connectivity index (χ1v) is 5.32. The lowest BCUT2D eigenvalue weighted by Crippen LogP contribution is -2.37. The molecule has 1 aromatic rings. The largest absolute Gasteiger partial charge is 0.352 e. The van der Waals surface area contributed by atoms with Crippen molar-refractivity contribution in [3.8, 4) is 0 Å². The molecule has 74 valence electrons. The van der Waals surface area contributed by atoms with Gasteiger partial charge in [0.25, 0.3) is 0 Å². The molecule has 1 aliphatic heterocycles. The summed E-state index contributed by atoms with van der Waals surface area (Å²) in [5.74, 6) is 5.16. The Morgan fingerprint density at radius 3 is 3.00 bits per heavy atom. The van der Waals surface area contributed by atoms with E-state index < -0.39 is 0 Å². The van der Waals surface area contributed by atoms with Gasteiger partial charge in [0.2, 0.25) is 0 Å². The Morgan fingerprint density at radius 1 is 1.50 bits per heavy atom. The molecule has 0 radical (unpaired) electrons. The molecule has 1 unspecified atom stereocenters. The molecule has 1 aromatic carbocycles. The van der Waals surface area contributed by atoms with Crippen LogP contribution >= 0.6 is 15.9 Å². The fraction of sp³-hybridized carbons (Fsp3) is 0.222. The van der Waals surface area contributed by atoms with Gasteiger partial charge in [0.1, 0.15) is 0 Å². The van der Waals surface area contributed by atoms with Crippen LogP contribution < -0.4 is 11.2 Å². The summed E-state index contributed by atoms with van der Waals surface area (Å²) in [4.78, 5) is 9.20. The van der Waals surface area contributed by atoms with Crippen LogP contribution in [0.5, 0.6) is 0 Å². The van der Waals surface area contributed by atoms with Crippen molar-refractivity contribution >= 4 is 33.0 Å². The van der Waals surface area contributed by atoms with Crippen molar-refractivity contribution in [3.05, 3.63) is 24.3 Å². The van der Waals surface area contributed by atoms with E-state index in [1.807, 2.05) is 24.3 Å². The zero-order valence-electron chi connectivity index (χ0n) is 7.40. The predicted octanol–water partition coefficient (Wildman–Crippen LogP) is 1.80. The molecule has 0 aromatic heterocycles. The normalized spacial score (nSPS) is 19.6. The highest BCUT2D eigenvalue weighted by molar-refractivity contribution is 9.09. The van der Waals surface area contributed by atoms with Crippen LogP contribution in [-0.4, -0.2) is 17.3 Å². The molecule has 0 aliphatic carbocycles. The minimum absolute atomic E-state index is 0.343. The Hall–Kier alpha value is -0.910. The van der Waals surface area contributed by atoms with E-state index in [2.05, 4.69) is 26.2 Å². The summed E-state index contributed by atoms with van der Waals surface area (Å²) >= 11 is 3.34. The number of anilines is 1. The third-order valence-electron chi connectivity index (χ3n) is 2.03. The Kier molecular flexibility index (Phi) is 2.81. The number of benzene rings is 1. The van der Waals surface area contributed by atoms with Crippen LogP contribution in [0, 0.1) is 0 Å². The van der Waals surface area contributed by atoms with Crippen LogP contribution in [0.15, 0.2) is 29.3 Å². The monoisotopic (exact) mass is 255 g/mol. The molecule has 3 N–H and O–H groups in total. The third kappa shape index (κ3) is 1.66. The minimum atomic E-state index is -0.343. The van der Waals surface area contributed by atoms with Crippen LogP contribution in [0.2, 0.25) is 0 Å². The van der Waals surface area contributed by atoms with Crippen molar-refractivity contribution in [3.63, 3.8) is 0 Å². The van der Waals surface area contributed by atoms with Gasteiger partial charge in [-0.15, -0.1) is 0 Å². The lowest BCUT2D eigenvalue weighted by atomic mass is 10.2. The molecular weight excluding hydrogens is 246 g/mol. The van der Waals surface area contributed by atoms with Gasteiger partial charge in [-0.2, -0.15) is 0 Å². The van der Waals surface area contributed by atoms with Crippen LogP contribution in [0.4, 0.5) is 11.4 Å². The SMILES string of the molecule is NOC1Nc2ccccc2N=C1CBr. The van der Waals surface area contributed by atoms with Gasteiger partial charge >= 0.3 is 0 Å². The smallest absolute Gasteiger partial charge is 0.188 e. The fourth-order valence-electron chi connectivity index (χ4n) is 1.34. The van der Waals surface area contributed by atoms with Gasteiger partial charge in [0.05, 0.1) is 17.1 Å². The van der Waals surface area contributed by atoms with Crippen molar-refractivity contribution in [1.82, 2.24) is 0 Å². The highest BCUT2D eigenvalue weighted by atomic mass is 79.9. The fourth-order valence-corrected chi connectivity index (χ4v) is 1.76. The number of aliphatic imine (C=N–C) groups is 1. The Morgan fingerprint density at radius 2 is 2.29 bits per heavy atom. The molecule has 0 fully saturated rings. The summed E-state index contributed by atoms with van der Waals surface area (Å²) in [5.41, 5.74) is 2.69. The molecule has 0 saturated heterocycles. The molecule has 1 heterocycles. The highest BCUT2D eigenvalue weighted by Gasteiger charge is 2.20. The van der Waals surface area contributed by atoms with Gasteiger partial charge in [-0.05, 0) is 12.1 Å². The molecule has 1 aliphatic rings. The second kappa shape index (κ2) is 4.08. The predicted molar refractivity (Wildman–Crippen MR) is 60.0 cm³/mol. The first-order chi connectivity index (χ1) is 6.85. The number of hydrogen-bond donors (Lipinski definition) is 2. The molecule has 0 amide bonds. The number of para-hydroxylation sites is 2. The van der Waals surface area contributed by atoms with E-state index in [-0.39, 0.29) is 6.23 Å². The zero-order chi connectivity index (χ0) is 9.97. The molecule has 0 spiro atoms. The molecule has 5 heteroatoms. The topological polar surface area (TPSA) is 59.6 Å². The summed E-state index contributed by atoms with van der Waals surface area (Å²) in [5, 5.41) is 3.77. The Bertz CT molecular complexity index is 367. The standard InChI is InChI=1S/C9H10BrN3O/c10-5-8-9(14-11)13-7-4-2-1-3-6(7)12-8/h1-4,9,13H,5,11H2. The number of nitrogens with one attached hydrogen (secondary N) is 1. The number of rotatable bonds is 2. The van der Waals surface area contributed by atoms with E-state index in [1.165, 1.54) is 0 Å².